The highest BCUT2D eigenvalue weighted by atomic mass is 35.5. The predicted octanol–water partition coefficient (Wildman–Crippen LogP) is 4.39. The Hall–Kier alpha value is -6.80. The first kappa shape index (κ1) is 60.8. The molecule has 0 spiro atoms. The van der Waals surface area contributed by atoms with Gasteiger partial charge in [0.1, 0.15) is 22.4 Å². The van der Waals surface area contributed by atoms with E-state index in [1.54, 1.807) is 13.8 Å². The van der Waals surface area contributed by atoms with E-state index in [9.17, 15) is 73.2 Å². The fraction of sp³-hybridized carbons (Fsp3) is 0.283. The number of phenolic OH excluding ortho intramolecular Hbond substituents is 1. The zero-order valence-corrected chi connectivity index (χ0v) is 45.6. The van der Waals surface area contributed by atoms with Crippen molar-refractivity contribution in [2.24, 2.45) is 5.92 Å². The van der Waals surface area contributed by atoms with Gasteiger partial charge in [0.2, 0.25) is 12.0 Å². The van der Waals surface area contributed by atoms with Crippen LogP contribution < -0.4 is 31.1 Å². The van der Waals surface area contributed by atoms with Crippen molar-refractivity contribution in [2.75, 3.05) is 27.4 Å². The lowest BCUT2D eigenvalue weighted by molar-refractivity contribution is -0.450. The van der Waals surface area contributed by atoms with Gasteiger partial charge in [-0.3, -0.25) is 33.8 Å². The fourth-order valence-electron chi connectivity index (χ4n) is 8.26. The minimum absolute atomic E-state index is 0.0256. The average molecular weight is 1220 g/mol. The monoisotopic (exact) mass is 1220 g/mol. The van der Waals surface area contributed by atoms with Crippen LogP contribution in [0.15, 0.2) is 73.5 Å². The van der Waals surface area contributed by atoms with Crippen LogP contribution in [-0.4, -0.2) is 106 Å². The highest BCUT2D eigenvalue weighted by Gasteiger charge is 2.43. The number of aliphatic hydroxyl groups is 2. The molecule has 0 saturated carbocycles. The molecule has 3 unspecified atom stereocenters. The molecule has 7 rings (SSSR count). The number of aliphatic hydroxyl groups excluding tert-OH is 2. The summed E-state index contributed by atoms with van der Waals surface area (Å²) in [6.45, 7) is 1.47. The van der Waals surface area contributed by atoms with Crippen molar-refractivity contribution in [3.05, 3.63) is 134 Å². The number of hydrogen-bond acceptors (Lipinski definition) is 19. The first-order chi connectivity index (χ1) is 37.4. The standard InChI is InChI=1S/C46H43Cl2N4O25P3/c1-20(2)40(72-18-23-17-51(46(60)50-44(23)57)34-16-30(53)33(74-34)19-73-79(66,67)77-80(68,69)76-78(63,64)65)25-9-7-21(12-29(25)52(61)62)6-5-11-49-43(56)22-8-10-24(45(58)59)26(13-22)35-27-14-31(70-3)38(54)36(47)41(27)75-42-28(35)15-32(71-4)39(55)37(42)48/h7-10,12-15,17,20,30,33-34,40,53-54H,11,16,18-19H2,1-4H3,(H,49,56)(H,58,59)(H,66,67)(H,68,69)(H,50,57,60)(H2,63,64,65)/p+1/t30-,33+,34-,40?/m0/s1. The Morgan fingerprint density at radius 3 is 2.30 bits per heavy atom. The zero-order chi connectivity index (χ0) is 58.9. The molecule has 3 heterocycles. The zero-order valence-electron chi connectivity index (χ0n) is 41.4. The third kappa shape index (κ3) is 13.5. The van der Waals surface area contributed by atoms with Crippen molar-refractivity contribution in [1.82, 2.24) is 9.55 Å². The molecule has 10 N–H and O–H groups in total. The number of hydrogen-bond donors (Lipinski definition) is 10. The second kappa shape index (κ2) is 24.1. The van der Waals surface area contributed by atoms with E-state index >= 15 is 0 Å². The SMILES string of the molecule is COc1cc2c(-c3cc(C(O)=[NH+]CC#Cc4ccc(C(OCc5cn([C@@H]6C[C@H](O)[C@@H](COP(=O)(O)OP(=O)(O)OP(=O)(O)O)O6)c(=O)[nH]c5=O)C(C)C)c([N+](=O)[O-])c4)ccc3C(=O)O)c3cc(OC)c(=O)c(Cl)c-3oc2c(Cl)c1O. The second-order valence-electron chi connectivity index (χ2n) is 17.4. The number of H-pyrrole nitrogens is 1. The van der Waals surface area contributed by atoms with Gasteiger partial charge in [-0.05, 0) is 59.9 Å². The van der Waals surface area contributed by atoms with Crippen LogP contribution >= 0.6 is 46.7 Å². The summed E-state index contributed by atoms with van der Waals surface area (Å²) < 4.78 is 75.6. The molecule has 1 aromatic heterocycles. The third-order valence-electron chi connectivity index (χ3n) is 11.8. The predicted molar refractivity (Wildman–Crippen MR) is 277 cm³/mol. The summed E-state index contributed by atoms with van der Waals surface area (Å²) in [4.78, 5) is 105. The van der Waals surface area contributed by atoms with Crippen molar-refractivity contribution in [3.8, 4) is 51.5 Å². The maximum absolute atomic E-state index is 13.0. The number of phosphoric ester groups is 1. The lowest BCUT2D eigenvalue weighted by Crippen LogP contribution is -2.73. The number of nitro groups is 1. The van der Waals surface area contributed by atoms with E-state index < -0.39 is 123 Å². The Kier molecular flexibility index (Phi) is 18.3. The minimum Gasteiger partial charge on any atom is -0.503 e. The van der Waals surface area contributed by atoms with Crippen LogP contribution in [0.25, 0.3) is 33.4 Å². The van der Waals surface area contributed by atoms with E-state index in [4.69, 9.17) is 56.4 Å². The van der Waals surface area contributed by atoms with Gasteiger partial charge in [0, 0.05) is 40.8 Å². The number of aromatic carboxylic acids is 1. The van der Waals surface area contributed by atoms with Crippen LogP contribution in [0.3, 0.4) is 0 Å². The number of nitrogens with zero attached hydrogens (tertiary/aromatic N) is 2. The van der Waals surface area contributed by atoms with Crippen LogP contribution in [0.1, 0.15) is 65.2 Å². The normalized spacial score (nSPS) is 17.6. The Bertz CT molecular complexity index is 3870. The van der Waals surface area contributed by atoms with Gasteiger partial charge < -0.3 is 63.4 Å². The Morgan fingerprint density at radius 1 is 0.963 bits per heavy atom. The Morgan fingerprint density at radius 2 is 1.66 bits per heavy atom. The first-order valence-corrected chi connectivity index (χ1v) is 28.0. The van der Waals surface area contributed by atoms with Crippen LogP contribution in [0.5, 0.6) is 17.2 Å². The number of phosphoric acid groups is 3. The van der Waals surface area contributed by atoms with Gasteiger partial charge >= 0.3 is 41.0 Å². The molecule has 80 heavy (non-hydrogen) atoms. The second-order valence-corrected chi connectivity index (χ2v) is 22.6. The number of aromatic nitrogens is 2. The summed E-state index contributed by atoms with van der Waals surface area (Å²) in [5.74, 6) is 1.97. The number of benzene rings is 4. The molecule has 2 aliphatic heterocycles. The van der Waals surface area contributed by atoms with E-state index in [1.165, 1.54) is 56.7 Å². The number of aromatic hydroxyl groups is 1. The number of phenols is 1. The number of halogens is 2. The van der Waals surface area contributed by atoms with E-state index in [2.05, 4.69) is 35.0 Å². The van der Waals surface area contributed by atoms with Crippen molar-refractivity contribution in [3.63, 3.8) is 0 Å². The molecule has 0 bridgehead atoms. The number of rotatable bonds is 20. The van der Waals surface area contributed by atoms with Crippen molar-refractivity contribution in [2.45, 2.75) is 51.4 Å². The Balaban J connectivity index is 1.10. The van der Waals surface area contributed by atoms with Gasteiger partial charge in [0.05, 0.1) is 66.8 Å². The quantitative estimate of drug-likeness (QED) is 0.00963. The maximum Gasteiger partial charge on any atom is 0.490 e. The van der Waals surface area contributed by atoms with Crippen LogP contribution in [0.4, 0.5) is 5.69 Å². The summed E-state index contributed by atoms with van der Waals surface area (Å²) in [7, 11) is -14.7. The molecule has 1 saturated heterocycles. The van der Waals surface area contributed by atoms with Gasteiger partial charge in [0.25, 0.3) is 11.2 Å². The number of carboxylic acids is 1. The summed E-state index contributed by atoms with van der Waals surface area (Å²) >= 11 is 13.0. The fourth-order valence-corrected chi connectivity index (χ4v) is 11.8. The molecular formula is C46H44Cl2N4O25P3+. The van der Waals surface area contributed by atoms with E-state index in [0.717, 1.165) is 16.8 Å². The lowest BCUT2D eigenvalue weighted by atomic mass is 9.89. The molecule has 29 nitrogen and oxygen atoms in total. The molecule has 3 aromatic carbocycles. The Labute approximate surface area is 458 Å². The minimum atomic E-state index is -5.86. The maximum atomic E-state index is 13.0. The summed E-state index contributed by atoms with van der Waals surface area (Å²) in [6.07, 6.45) is -4.89. The van der Waals surface area contributed by atoms with Crippen LogP contribution in [0, 0.1) is 27.9 Å². The highest BCUT2D eigenvalue weighted by molar-refractivity contribution is 7.66. The number of carboxylic acid groups (broad SMARTS) is 1. The van der Waals surface area contributed by atoms with Crippen LogP contribution in [-0.2, 0) is 42.9 Å². The highest BCUT2D eigenvalue weighted by Crippen LogP contribution is 2.66. The largest absolute Gasteiger partial charge is 0.503 e. The van der Waals surface area contributed by atoms with E-state index in [1.807, 2.05) is 0 Å². The summed E-state index contributed by atoms with van der Waals surface area (Å²) in [5.41, 5.74) is -3.57. The smallest absolute Gasteiger partial charge is 0.490 e. The molecule has 1 fully saturated rings. The number of ether oxygens (including phenoxy) is 4. The number of carbonyl (C=O) groups is 1. The molecule has 426 valence electrons. The first-order valence-electron chi connectivity index (χ1n) is 22.7. The van der Waals surface area contributed by atoms with Crippen molar-refractivity contribution >= 4 is 75.2 Å². The van der Waals surface area contributed by atoms with Gasteiger partial charge in [-0.15, -0.1) is 0 Å². The lowest BCUT2D eigenvalue weighted by Gasteiger charge is -2.22. The van der Waals surface area contributed by atoms with Crippen molar-refractivity contribution in [1.29, 1.82) is 0 Å². The van der Waals surface area contributed by atoms with Crippen molar-refractivity contribution < 1.29 is 105 Å². The summed E-state index contributed by atoms with van der Waals surface area (Å²) in [5, 5.41) is 54.8. The average Bonchev–Trinajstić information content (AvgIpc) is 3.74. The van der Waals surface area contributed by atoms with Gasteiger partial charge in [0.15, 0.2) is 28.6 Å². The summed E-state index contributed by atoms with van der Waals surface area (Å²) in [6, 6.07) is 10.4. The number of nitrogens with one attached hydrogen (secondary N) is 2. The molecule has 4 aromatic rings. The molecule has 3 aliphatic rings. The molecule has 1 aliphatic carbocycles. The number of fused-ring (bicyclic) bond motifs is 2. The molecular weight excluding hydrogens is 1170 g/mol. The number of methoxy groups -OCH3 is 2. The topological polar surface area (TPSA) is 437 Å². The number of aromatic amines is 1. The van der Waals surface area contributed by atoms with Gasteiger partial charge in [-0.1, -0.05) is 43.0 Å². The van der Waals surface area contributed by atoms with Crippen LogP contribution in [0.2, 0.25) is 10.0 Å². The molecule has 0 amide bonds. The van der Waals surface area contributed by atoms with Gasteiger partial charge in [-0.25, -0.2) is 23.3 Å². The van der Waals surface area contributed by atoms with E-state index in [0.29, 0.717) is 0 Å². The number of nitro benzene ring substituents is 1. The van der Waals surface area contributed by atoms with E-state index in [-0.39, 0.29) is 84.3 Å². The molecule has 6 atom stereocenters. The molecule has 0 radical (unpaired) electrons. The third-order valence-corrected chi connectivity index (χ3v) is 16.3. The van der Waals surface area contributed by atoms with Gasteiger partial charge in [-0.2, -0.15) is 13.6 Å². The molecule has 34 heteroatoms.